The van der Waals surface area contributed by atoms with Gasteiger partial charge in [0.15, 0.2) is 17.2 Å². The number of esters is 1. The molecule has 6 nitrogen and oxygen atoms in total. The number of pyridine rings is 1. The van der Waals surface area contributed by atoms with Crippen LogP contribution in [0.4, 0.5) is 0 Å². The summed E-state index contributed by atoms with van der Waals surface area (Å²) in [5.41, 5.74) is -0.281. The van der Waals surface area contributed by atoms with Crippen LogP contribution in [-0.2, 0) is 9.53 Å². The number of Topliss-reactive ketones (excluding diaryl/α,β-unsaturated/α-hetero) is 1. The number of aromatic hydroxyl groups is 1. The van der Waals surface area contributed by atoms with Gasteiger partial charge in [0.2, 0.25) is 0 Å². The minimum Gasteiger partial charge on any atom is -0.504 e. The van der Waals surface area contributed by atoms with Crippen LogP contribution < -0.4 is 0 Å². The summed E-state index contributed by atoms with van der Waals surface area (Å²) < 4.78 is 4.96. The van der Waals surface area contributed by atoms with Crippen LogP contribution in [0.3, 0.4) is 0 Å². The molecular weight excluding hydrogens is 316 g/mol. The maximum Gasteiger partial charge on any atom is 0.306 e. The van der Waals surface area contributed by atoms with E-state index in [1.54, 1.807) is 13.0 Å². The molecule has 0 atom stereocenters. The zero-order chi connectivity index (χ0) is 14.4. The molecule has 100 valence electrons. The highest BCUT2D eigenvalue weighted by Gasteiger charge is 2.18. The van der Waals surface area contributed by atoms with Crippen LogP contribution in [0.2, 0.25) is 0 Å². The highest BCUT2D eigenvalue weighted by molar-refractivity contribution is 9.10. The lowest BCUT2D eigenvalue weighted by Crippen LogP contribution is -2.08. The van der Waals surface area contributed by atoms with Crippen LogP contribution in [0.25, 0.3) is 0 Å². The molecule has 1 aromatic heterocycles. The van der Waals surface area contributed by atoms with E-state index in [0.29, 0.717) is 0 Å². The molecule has 7 heteroatoms. The third kappa shape index (κ3) is 4.03. The molecule has 19 heavy (non-hydrogen) atoms. The van der Waals surface area contributed by atoms with E-state index in [1.165, 1.54) is 6.07 Å². The molecule has 0 saturated heterocycles. The third-order valence-corrected chi connectivity index (χ3v) is 2.64. The second-order valence-corrected chi connectivity index (χ2v) is 4.34. The Labute approximate surface area is 118 Å². The first kappa shape index (κ1) is 15.1. The third-order valence-electron chi connectivity index (χ3n) is 2.23. The average molecular weight is 327 g/mol. The van der Waals surface area contributed by atoms with E-state index in [9.17, 15) is 14.7 Å². The van der Waals surface area contributed by atoms with Crippen molar-refractivity contribution in [2.45, 2.75) is 19.8 Å². The second-order valence-electron chi connectivity index (χ2n) is 3.53. The number of hydrogen-bond acceptors (Lipinski definition) is 6. The molecule has 0 aliphatic rings. The Bertz CT molecular complexity index is 551. The number of nitriles is 1. The maximum atomic E-state index is 11.9. The van der Waals surface area contributed by atoms with Crippen LogP contribution in [0.5, 0.6) is 5.75 Å². The highest BCUT2D eigenvalue weighted by Crippen LogP contribution is 2.25. The predicted molar refractivity (Wildman–Crippen MR) is 68.5 cm³/mol. The standard InChI is InChI=1S/C12H11BrN2O4/c1-2-19-11(17)4-3-9(16)7-5-10(13)15-8(6-14)12(7)18/h5,18H,2-4H2,1H3. The Balaban J connectivity index is 2.86. The number of carbonyl (C=O) groups is 2. The number of aromatic nitrogens is 1. The summed E-state index contributed by atoms with van der Waals surface area (Å²) in [5, 5.41) is 18.5. The fraction of sp³-hybridized carbons (Fsp3) is 0.333. The van der Waals surface area contributed by atoms with E-state index in [0.717, 1.165) is 0 Å². The first-order valence-electron chi connectivity index (χ1n) is 5.48. The second kappa shape index (κ2) is 6.85. The van der Waals surface area contributed by atoms with Crippen molar-refractivity contribution in [3.63, 3.8) is 0 Å². The molecule has 0 unspecified atom stereocenters. The van der Waals surface area contributed by atoms with Crippen molar-refractivity contribution < 1.29 is 19.4 Å². The van der Waals surface area contributed by atoms with Gasteiger partial charge < -0.3 is 9.84 Å². The van der Waals surface area contributed by atoms with Gasteiger partial charge in [-0.25, -0.2) is 4.98 Å². The van der Waals surface area contributed by atoms with Gasteiger partial charge in [-0.05, 0) is 28.9 Å². The Morgan fingerprint density at radius 2 is 2.21 bits per heavy atom. The summed E-state index contributed by atoms with van der Waals surface area (Å²) >= 11 is 3.04. The van der Waals surface area contributed by atoms with Crippen LogP contribution in [-0.4, -0.2) is 28.4 Å². The fourth-order valence-electron chi connectivity index (χ4n) is 1.38. The number of halogens is 1. The van der Waals surface area contributed by atoms with Gasteiger partial charge in [-0.1, -0.05) is 0 Å². The summed E-state index contributed by atoms with van der Waals surface area (Å²) in [6.45, 7) is 1.92. The molecule has 0 fully saturated rings. The van der Waals surface area contributed by atoms with Crippen LogP contribution >= 0.6 is 15.9 Å². The zero-order valence-corrected chi connectivity index (χ0v) is 11.7. The topological polar surface area (TPSA) is 100 Å². The molecule has 0 bridgehead atoms. The molecule has 0 spiro atoms. The summed E-state index contributed by atoms with van der Waals surface area (Å²) in [6, 6.07) is 2.99. The van der Waals surface area contributed by atoms with Gasteiger partial charge in [0, 0.05) is 6.42 Å². The lowest BCUT2D eigenvalue weighted by molar-refractivity contribution is -0.143. The SMILES string of the molecule is CCOC(=O)CCC(=O)c1cc(Br)nc(C#N)c1O. The maximum absolute atomic E-state index is 11.9. The van der Waals surface area contributed by atoms with E-state index >= 15 is 0 Å². The monoisotopic (exact) mass is 326 g/mol. The molecular formula is C12H11BrN2O4. The summed E-state index contributed by atoms with van der Waals surface area (Å²) in [5.74, 6) is -1.41. The predicted octanol–water partition coefficient (Wildman–Crippen LogP) is 1.95. The van der Waals surface area contributed by atoms with Crippen molar-refractivity contribution >= 4 is 27.7 Å². The minimum atomic E-state index is -0.482. The molecule has 0 aliphatic heterocycles. The molecule has 1 aromatic rings. The van der Waals surface area contributed by atoms with E-state index in [1.807, 2.05) is 0 Å². The van der Waals surface area contributed by atoms with Crippen LogP contribution in [0.1, 0.15) is 35.8 Å². The van der Waals surface area contributed by atoms with Gasteiger partial charge >= 0.3 is 5.97 Å². The molecule has 0 amide bonds. The van der Waals surface area contributed by atoms with Gasteiger partial charge in [-0.2, -0.15) is 5.26 Å². The van der Waals surface area contributed by atoms with Gasteiger partial charge in [0.25, 0.3) is 0 Å². The number of ether oxygens (including phenoxy) is 1. The Morgan fingerprint density at radius 3 is 2.79 bits per heavy atom. The smallest absolute Gasteiger partial charge is 0.306 e. The first-order chi connectivity index (χ1) is 8.99. The highest BCUT2D eigenvalue weighted by atomic mass is 79.9. The quantitative estimate of drug-likeness (QED) is 0.504. The van der Waals surface area contributed by atoms with Gasteiger partial charge in [0.1, 0.15) is 10.7 Å². The largest absolute Gasteiger partial charge is 0.504 e. The molecule has 1 rings (SSSR count). The van der Waals surface area contributed by atoms with Gasteiger partial charge in [0.05, 0.1) is 18.6 Å². The molecule has 0 saturated carbocycles. The molecule has 1 heterocycles. The zero-order valence-electron chi connectivity index (χ0n) is 10.1. The minimum absolute atomic E-state index is 0.0391. The van der Waals surface area contributed by atoms with Crippen molar-refractivity contribution in [1.29, 1.82) is 5.26 Å². The van der Waals surface area contributed by atoms with Gasteiger partial charge in [-0.3, -0.25) is 9.59 Å². The Kier molecular flexibility index (Phi) is 5.45. The molecule has 1 N–H and O–H groups in total. The van der Waals surface area contributed by atoms with Crippen LogP contribution in [0, 0.1) is 11.3 Å². The number of rotatable bonds is 5. The summed E-state index contributed by atoms with van der Waals surface area (Å²) in [4.78, 5) is 26.7. The Hall–Kier alpha value is -1.94. The summed E-state index contributed by atoms with van der Waals surface area (Å²) in [6.07, 6.45) is -0.179. The molecule has 0 radical (unpaired) electrons. The van der Waals surface area contributed by atoms with E-state index in [2.05, 4.69) is 20.9 Å². The van der Waals surface area contributed by atoms with Crippen molar-refractivity contribution in [1.82, 2.24) is 4.98 Å². The number of carbonyl (C=O) groups excluding carboxylic acids is 2. The number of hydrogen-bond donors (Lipinski definition) is 1. The van der Waals surface area contributed by atoms with Crippen LogP contribution in [0.15, 0.2) is 10.7 Å². The Morgan fingerprint density at radius 1 is 1.53 bits per heavy atom. The lowest BCUT2D eigenvalue weighted by atomic mass is 10.1. The van der Waals surface area contributed by atoms with Crippen molar-refractivity contribution in [2.24, 2.45) is 0 Å². The van der Waals surface area contributed by atoms with Crippen molar-refractivity contribution in [3.05, 3.63) is 21.9 Å². The average Bonchev–Trinajstić information content (AvgIpc) is 2.38. The van der Waals surface area contributed by atoms with Crippen molar-refractivity contribution in [3.8, 4) is 11.8 Å². The fourth-order valence-corrected chi connectivity index (χ4v) is 1.79. The number of ketones is 1. The van der Waals surface area contributed by atoms with E-state index in [4.69, 9.17) is 10.00 Å². The van der Waals surface area contributed by atoms with E-state index < -0.39 is 17.5 Å². The van der Waals surface area contributed by atoms with Crippen molar-refractivity contribution in [2.75, 3.05) is 6.61 Å². The normalized spacial score (nSPS) is 9.74. The molecule has 0 aromatic carbocycles. The number of nitrogens with zero attached hydrogens (tertiary/aromatic N) is 2. The molecule has 0 aliphatic carbocycles. The van der Waals surface area contributed by atoms with Gasteiger partial charge in [-0.15, -0.1) is 0 Å². The lowest BCUT2D eigenvalue weighted by Gasteiger charge is -2.05. The summed E-state index contributed by atoms with van der Waals surface area (Å²) in [7, 11) is 0. The van der Waals surface area contributed by atoms with E-state index in [-0.39, 0.29) is 35.3 Å². The first-order valence-corrected chi connectivity index (χ1v) is 6.27.